The minimum absolute atomic E-state index is 0.0207. The van der Waals surface area contributed by atoms with Crippen molar-refractivity contribution in [2.45, 2.75) is 65.4 Å². The lowest BCUT2D eigenvalue weighted by Gasteiger charge is -2.14. The molecule has 0 N–H and O–H groups in total. The molecular formula is C26H36O4. The third-order valence-corrected chi connectivity index (χ3v) is 4.95. The standard InChI is InChI=1S/C26H36O4/c1-4-6-7-8-9-10-22-11-13-23(14-12-22)24-15-17-25(18-16-24)29-19-21(3)30-26(27)20-28-5-2/h11-18,21H,4-10,19-20H2,1-3H3. The molecule has 0 aliphatic heterocycles. The molecule has 0 fully saturated rings. The first kappa shape index (κ1) is 23.9. The average molecular weight is 413 g/mol. The molecule has 0 saturated heterocycles. The Balaban J connectivity index is 1.77. The van der Waals surface area contributed by atoms with Crippen LogP contribution in [0.2, 0.25) is 0 Å². The average Bonchev–Trinajstić information content (AvgIpc) is 2.77. The highest BCUT2D eigenvalue weighted by atomic mass is 16.6. The summed E-state index contributed by atoms with van der Waals surface area (Å²) in [6, 6.07) is 16.9. The lowest BCUT2D eigenvalue weighted by molar-refractivity contribution is -0.154. The summed E-state index contributed by atoms with van der Waals surface area (Å²) in [6.45, 7) is 6.68. The molecule has 0 heterocycles. The maximum atomic E-state index is 11.5. The Hall–Kier alpha value is -2.33. The normalized spacial score (nSPS) is 11.8. The molecular weight excluding hydrogens is 376 g/mol. The molecule has 30 heavy (non-hydrogen) atoms. The van der Waals surface area contributed by atoms with Gasteiger partial charge < -0.3 is 14.2 Å². The molecule has 0 bridgehead atoms. The summed E-state index contributed by atoms with van der Waals surface area (Å²) in [5.41, 5.74) is 3.77. The topological polar surface area (TPSA) is 44.8 Å². The van der Waals surface area contributed by atoms with Gasteiger partial charge in [0, 0.05) is 6.61 Å². The Kier molecular flexibility index (Phi) is 11.0. The SMILES string of the molecule is CCCCCCCc1ccc(-c2ccc(OCC(C)OC(=O)COCC)cc2)cc1. The van der Waals surface area contributed by atoms with Gasteiger partial charge in [0.25, 0.3) is 0 Å². The minimum Gasteiger partial charge on any atom is -0.490 e. The van der Waals surface area contributed by atoms with Crippen LogP contribution >= 0.6 is 0 Å². The zero-order valence-electron chi connectivity index (χ0n) is 18.7. The Morgan fingerprint density at radius 1 is 0.867 bits per heavy atom. The highest BCUT2D eigenvalue weighted by Crippen LogP contribution is 2.23. The van der Waals surface area contributed by atoms with Crippen LogP contribution in [0.25, 0.3) is 11.1 Å². The largest absolute Gasteiger partial charge is 0.490 e. The minimum atomic E-state index is -0.368. The van der Waals surface area contributed by atoms with Crippen molar-refractivity contribution in [2.24, 2.45) is 0 Å². The van der Waals surface area contributed by atoms with Crippen LogP contribution in [0.5, 0.6) is 5.75 Å². The van der Waals surface area contributed by atoms with Gasteiger partial charge in [-0.15, -0.1) is 0 Å². The van der Waals surface area contributed by atoms with Crippen LogP contribution in [-0.2, 0) is 20.7 Å². The van der Waals surface area contributed by atoms with Crippen molar-refractivity contribution in [3.05, 3.63) is 54.1 Å². The van der Waals surface area contributed by atoms with E-state index in [-0.39, 0.29) is 18.7 Å². The van der Waals surface area contributed by atoms with Gasteiger partial charge in [0.1, 0.15) is 25.1 Å². The zero-order valence-corrected chi connectivity index (χ0v) is 18.7. The zero-order chi connectivity index (χ0) is 21.6. The fraction of sp³-hybridized carbons (Fsp3) is 0.500. The van der Waals surface area contributed by atoms with Crippen molar-refractivity contribution in [1.29, 1.82) is 0 Å². The van der Waals surface area contributed by atoms with Crippen LogP contribution in [0.3, 0.4) is 0 Å². The lowest BCUT2D eigenvalue weighted by Crippen LogP contribution is -2.24. The van der Waals surface area contributed by atoms with Gasteiger partial charge in [0.15, 0.2) is 0 Å². The first-order valence-corrected chi connectivity index (χ1v) is 11.2. The summed E-state index contributed by atoms with van der Waals surface area (Å²) < 4.78 is 16.0. The van der Waals surface area contributed by atoms with E-state index in [9.17, 15) is 4.79 Å². The smallest absolute Gasteiger partial charge is 0.332 e. The molecule has 1 atom stereocenters. The number of esters is 1. The predicted molar refractivity (Wildman–Crippen MR) is 122 cm³/mol. The number of rotatable bonds is 14. The summed E-state index contributed by atoms with van der Waals surface area (Å²) in [7, 11) is 0. The van der Waals surface area contributed by atoms with Crippen LogP contribution in [0.4, 0.5) is 0 Å². The van der Waals surface area contributed by atoms with Crippen LogP contribution in [0.1, 0.15) is 58.4 Å². The number of carbonyl (C=O) groups is 1. The molecule has 164 valence electrons. The van der Waals surface area contributed by atoms with E-state index in [1.165, 1.54) is 43.2 Å². The number of unbranched alkanes of at least 4 members (excludes halogenated alkanes) is 4. The van der Waals surface area contributed by atoms with Gasteiger partial charge in [0.05, 0.1) is 0 Å². The molecule has 0 aliphatic rings. The molecule has 0 aliphatic carbocycles. The van der Waals surface area contributed by atoms with Crippen LogP contribution < -0.4 is 4.74 Å². The van der Waals surface area contributed by atoms with Gasteiger partial charge in [-0.1, -0.05) is 69.0 Å². The van der Waals surface area contributed by atoms with E-state index < -0.39 is 0 Å². The molecule has 1 unspecified atom stereocenters. The molecule has 2 aromatic carbocycles. The second-order valence-electron chi connectivity index (χ2n) is 7.63. The van der Waals surface area contributed by atoms with Crippen LogP contribution in [0.15, 0.2) is 48.5 Å². The van der Waals surface area contributed by atoms with E-state index in [4.69, 9.17) is 14.2 Å². The first-order chi connectivity index (χ1) is 14.6. The van der Waals surface area contributed by atoms with E-state index in [0.717, 1.165) is 17.7 Å². The van der Waals surface area contributed by atoms with E-state index in [1.54, 1.807) is 0 Å². The summed E-state index contributed by atoms with van der Waals surface area (Å²) in [5, 5.41) is 0. The maximum Gasteiger partial charge on any atom is 0.332 e. The summed E-state index contributed by atoms with van der Waals surface area (Å²) in [4.78, 5) is 11.5. The first-order valence-electron chi connectivity index (χ1n) is 11.2. The number of aryl methyl sites for hydroxylation is 1. The van der Waals surface area contributed by atoms with Crippen LogP contribution in [0, 0.1) is 0 Å². The number of carbonyl (C=O) groups excluding carboxylic acids is 1. The second-order valence-corrected chi connectivity index (χ2v) is 7.63. The van der Waals surface area contributed by atoms with E-state index in [1.807, 2.05) is 26.0 Å². The van der Waals surface area contributed by atoms with Crippen molar-refractivity contribution < 1.29 is 19.0 Å². The maximum absolute atomic E-state index is 11.5. The van der Waals surface area contributed by atoms with E-state index >= 15 is 0 Å². The van der Waals surface area contributed by atoms with Gasteiger partial charge in [-0.05, 0) is 55.5 Å². The Labute approximate surface area is 181 Å². The van der Waals surface area contributed by atoms with Crippen molar-refractivity contribution in [3.63, 3.8) is 0 Å². The third kappa shape index (κ3) is 9.00. The van der Waals surface area contributed by atoms with Crippen molar-refractivity contribution in [3.8, 4) is 16.9 Å². The lowest BCUT2D eigenvalue weighted by atomic mass is 10.0. The molecule has 4 heteroatoms. The van der Waals surface area contributed by atoms with Crippen molar-refractivity contribution in [2.75, 3.05) is 19.8 Å². The van der Waals surface area contributed by atoms with Gasteiger partial charge in [-0.3, -0.25) is 0 Å². The van der Waals surface area contributed by atoms with Crippen molar-refractivity contribution in [1.82, 2.24) is 0 Å². The number of hydrogen-bond acceptors (Lipinski definition) is 4. The van der Waals surface area contributed by atoms with Gasteiger partial charge in [-0.25, -0.2) is 4.79 Å². The fourth-order valence-electron chi connectivity index (χ4n) is 3.23. The number of benzene rings is 2. The summed E-state index contributed by atoms with van der Waals surface area (Å²) in [6.07, 6.45) is 7.40. The third-order valence-electron chi connectivity index (χ3n) is 4.95. The second kappa shape index (κ2) is 13.8. The molecule has 0 spiro atoms. The van der Waals surface area contributed by atoms with Gasteiger partial charge in [-0.2, -0.15) is 0 Å². The Bertz CT molecular complexity index is 722. The summed E-state index contributed by atoms with van der Waals surface area (Å²) >= 11 is 0. The monoisotopic (exact) mass is 412 g/mol. The van der Waals surface area contributed by atoms with Gasteiger partial charge >= 0.3 is 5.97 Å². The van der Waals surface area contributed by atoms with E-state index in [0.29, 0.717) is 13.2 Å². The molecule has 2 aromatic rings. The molecule has 4 nitrogen and oxygen atoms in total. The molecule has 0 amide bonds. The summed E-state index contributed by atoms with van der Waals surface area (Å²) in [5.74, 6) is 0.392. The molecule has 0 saturated carbocycles. The van der Waals surface area contributed by atoms with Crippen LogP contribution in [-0.4, -0.2) is 31.9 Å². The Morgan fingerprint density at radius 3 is 2.13 bits per heavy atom. The molecule has 0 radical (unpaired) electrons. The number of ether oxygens (including phenoxy) is 3. The molecule has 0 aromatic heterocycles. The highest BCUT2D eigenvalue weighted by molar-refractivity contribution is 5.70. The molecule has 2 rings (SSSR count). The quantitative estimate of drug-likeness (QED) is 0.273. The van der Waals surface area contributed by atoms with Gasteiger partial charge in [0.2, 0.25) is 0 Å². The van der Waals surface area contributed by atoms with E-state index in [2.05, 4.69) is 43.3 Å². The van der Waals surface area contributed by atoms with Crippen molar-refractivity contribution >= 4 is 5.97 Å². The number of hydrogen-bond donors (Lipinski definition) is 0. The highest BCUT2D eigenvalue weighted by Gasteiger charge is 2.10. The predicted octanol–water partition coefficient (Wildman–Crippen LogP) is 6.21. The Morgan fingerprint density at radius 2 is 1.50 bits per heavy atom. The fourth-order valence-corrected chi connectivity index (χ4v) is 3.23.